The van der Waals surface area contributed by atoms with Gasteiger partial charge in [0.15, 0.2) is 5.76 Å². The fourth-order valence-corrected chi connectivity index (χ4v) is 3.96. The van der Waals surface area contributed by atoms with Crippen molar-refractivity contribution in [3.8, 4) is 17.1 Å². The lowest BCUT2D eigenvalue weighted by molar-refractivity contribution is 0.0730. The van der Waals surface area contributed by atoms with Crippen molar-refractivity contribution >= 4 is 17.5 Å². The van der Waals surface area contributed by atoms with Crippen molar-refractivity contribution in [2.45, 2.75) is 13.0 Å². The van der Waals surface area contributed by atoms with E-state index in [4.69, 9.17) is 20.8 Å². The minimum absolute atomic E-state index is 0.0698. The maximum absolute atomic E-state index is 13.0. The van der Waals surface area contributed by atoms with Gasteiger partial charge < -0.3 is 14.1 Å². The van der Waals surface area contributed by atoms with Crippen LogP contribution in [0.3, 0.4) is 0 Å². The summed E-state index contributed by atoms with van der Waals surface area (Å²) in [5, 5.41) is 0.606. The predicted octanol–water partition coefficient (Wildman–Crippen LogP) is 4.96. The summed E-state index contributed by atoms with van der Waals surface area (Å²) in [7, 11) is 1.67. The normalized spacial score (nSPS) is 15.1. The molecule has 0 saturated carbocycles. The quantitative estimate of drug-likeness (QED) is 0.581. The first-order chi connectivity index (χ1) is 14.6. The summed E-state index contributed by atoms with van der Waals surface area (Å²) in [5.74, 6) is 1.76. The molecule has 1 aliphatic rings. The first kappa shape index (κ1) is 20.5. The molecule has 1 aliphatic heterocycles. The molecule has 0 unspecified atom stereocenters. The fourth-order valence-electron chi connectivity index (χ4n) is 3.74. The van der Waals surface area contributed by atoms with Crippen LogP contribution in [-0.2, 0) is 6.54 Å². The number of benzene rings is 2. The first-order valence-electron chi connectivity index (χ1n) is 10.1. The van der Waals surface area contributed by atoms with E-state index in [1.165, 1.54) is 5.56 Å². The summed E-state index contributed by atoms with van der Waals surface area (Å²) in [5.41, 5.74) is 2.03. The summed E-state index contributed by atoms with van der Waals surface area (Å²) < 4.78 is 11.1. The van der Waals surface area contributed by atoms with Gasteiger partial charge in [0.2, 0.25) is 0 Å². The highest BCUT2D eigenvalue weighted by atomic mass is 35.5. The maximum atomic E-state index is 13.0. The van der Waals surface area contributed by atoms with Crippen molar-refractivity contribution in [1.82, 2.24) is 9.80 Å². The highest BCUT2D eigenvalue weighted by Crippen LogP contribution is 2.29. The third-order valence-corrected chi connectivity index (χ3v) is 5.73. The maximum Gasteiger partial charge on any atom is 0.289 e. The number of ether oxygens (including phenoxy) is 1. The van der Waals surface area contributed by atoms with Crippen LogP contribution >= 0.6 is 11.6 Å². The van der Waals surface area contributed by atoms with Crippen LogP contribution < -0.4 is 4.74 Å². The van der Waals surface area contributed by atoms with Gasteiger partial charge in [-0.3, -0.25) is 9.69 Å². The predicted molar refractivity (Wildman–Crippen MR) is 118 cm³/mol. The van der Waals surface area contributed by atoms with Crippen LogP contribution in [0, 0.1) is 0 Å². The molecule has 5 nitrogen and oxygen atoms in total. The lowest BCUT2D eigenvalue weighted by Gasteiger charge is -2.21. The number of furan rings is 1. The number of hydrogen-bond acceptors (Lipinski definition) is 4. The highest BCUT2D eigenvalue weighted by molar-refractivity contribution is 6.33. The Morgan fingerprint density at radius 1 is 1.00 bits per heavy atom. The number of carbonyl (C=O) groups is 1. The minimum Gasteiger partial charge on any atom is -0.497 e. The summed E-state index contributed by atoms with van der Waals surface area (Å²) >= 11 is 6.25. The van der Waals surface area contributed by atoms with E-state index >= 15 is 0 Å². The van der Waals surface area contributed by atoms with Gasteiger partial charge in [0.25, 0.3) is 5.91 Å². The average molecular weight is 425 g/mol. The number of hydrogen-bond donors (Lipinski definition) is 0. The van der Waals surface area contributed by atoms with Gasteiger partial charge in [-0.25, -0.2) is 0 Å². The van der Waals surface area contributed by atoms with Crippen LogP contribution in [0.25, 0.3) is 11.3 Å². The molecule has 0 spiro atoms. The summed E-state index contributed by atoms with van der Waals surface area (Å²) in [4.78, 5) is 17.2. The Bertz CT molecular complexity index is 1000. The van der Waals surface area contributed by atoms with Gasteiger partial charge in [0.05, 0.1) is 12.1 Å². The number of methoxy groups -OCH3 is 1. The van der Waals surface area contributed by atoms with E-state index in [1.807, 2.05) is 47.4 Å². The summed E-state index contributed by atoms with van der Waals surface area (Å²) in [6.45, 7) is 4.05. The fraction of sp³-hybridized carbons (Fsp3) is 0.292. The smallest absolute Gasteiger partial charge is 0.289 e. The van der Waals surface area contributed by atoms with Crippen molar-refractivity contribution < 1.29 is 13.9 Å². The molecule has 4 rings (SSSR count). The molecule has 30 heavy (non-hydrogen) atoms. The molecule has 0 radical (unpaired) electrons. The van der Waals surface area contributed by atoms with Crippen molar-refractivity contribution in [3.05, 3.63) is 77.0 Å². The van der Waals surface area contributed by atoms with Crippen molar-refractivity contribution in [3.63, 3.8) is 0 Å². The summed E-state index contributed by atoms with van der Waals surface area (Å²) in [6, 6.07) is 19.2. The molecule has 2 heterocycles. The molecule has 0 N–H and O–H groups in total. The molecule has 6 heteroatoms. The number of carbonyl (C=O) groups excluding carboxylic acids is 1. The Labute approximate surface area is 181 Å². The van der Waals surface area contributed by atoms with Crippen molar-refractivity contribution in [2.75, 3.05) is 33.3 Å². The zero-order chi connectivity index (χ0) is 20.9. The second-order valence-electron chi connectivity index (χ2n) is 7.41. The topological polar surface area (TPSA) is 45.9 Å². The second kappa shape index (κ2) is 9.37. The van der Waals surface area contributed by atoms with Crippen LogP contribution in [0.15, 0.2) is 65.1 Å². The van der Waals surface area contributed by atoms with E-state index in [9.17, 15) is 4.79 Å². The number of amides is 1. The minimum atomic E-state index is -0.0698. The largest absolute Gasteiger partial charge is 0.497 e. The van der Waals surface area contributed by atoms with E-state index < -0.39 is 0 Å². The Hall–Kier alpha value is -2.76. The molecule has 1 amide bonds. The van der Waals surface area contributed by atoms with Gasteiger partial charge in [0, 0.05) is 38.3 Å². The van der Waals surface area contributed by atoms with Gasteiger partial charge >= 0.3 is 0 Å². The number of halogens is 1. The van der Waals surface area contributed by atoms with Gasteiger partial charge in [-0.2, -0.15) is 0 Å². The Morgan fingerprint density at radius 3 is 2.57 bits per heavy atom. The summed E-state index contributed by atoms with van der Waals surface area (Å²) in [6.07, 6.45) is 0.931. The van der Waals surface area contributed by atoms with Crippen LogP contribution in [-0.4, -0.2) is 49.0 Å². The number of rotatable bonds is 5. The Morgan fingerprint density at radius 2 is 1.80 bits per heavy atom. The van der Waals surface area contributed by atoms with Crippen molar-refractivity contribution in [2.24, 2.45) is 0 Å². The molecule has 3 aromatic rings. The van der Waals surface area contributed by atoms with E-state index in [-0.39, 0.29) is 5.91 Å². The van der Waals surface area contributed by atoms with Gasteiger partial charge in [0.1, 0.15) is 11.5 Å². The zero-order valence-electron chi connectivity index (χ0n) is 17.0. The molecule has 0 atom stereocenters. The van der Waals surface area contributed by atoms with E-state index in [1.54, 1.807) is 13.2 Å². The molecule has 0 aliphatic carbocycles. The van der Waals surface area contributed by atoms with Crippen molar-refractivity contribution in [1.29, 1.82) is 0 Å². The Kier molecular flexibility index (Phi) is 6.41. The second-order valence-corrected chi connectivity index (χ2v) is 7.82. The van der Waals surface area contributed by atoms with E-state index in [0.717, 1.165) is 43.9 Å². The van der Waals surface area contributed by atoms with Gasteiger partial charge in [-0.1, -0.05) is 35.9 Å². The number of nitrogens with zero attached hydrogens (tertiary/aromatic N) is 2. The van der Waals surface area contributed by atoms with Crippen LogP contribution in [0.1, 0.15) is 22.5 Å². The zero-order valence-corrected chi connectivity index (χ0v) is 17.8. The average Bonchev–Trinajstić information content (AvgIpc) is 3.14. The lowest BCUT2D eigenvalue weighted by atomic mass is 10.2. The third kappa shape index (κ3) is 4.69. The Balaban J connectivity index is 1.38. The lowest BCUT2D eigenvalue weighted by Crippen LogP contribution is -2.34. The first-order valence-corrected chi connectivity index (χ1v) is 10.5. The molecular weight excluding hydrogens is 400 g/mol. The van der Waals surface area contributed by atoms with E-state index in [2.05, 4.69) is 17.0 Å². The van der Waals surface area contributed by atoms with Crippen LogP contribution in [0.5, 0.6) is 5.75 Å². The molecular formula is C24H25ClN2O3. The molecule has 156 valence electrons. The third-order valence-electron chi connectivity index (χ3n) is 5.40. The molecule has 0 bridgehead atoms. The molecule has 1 aromatic heterocycles. The highest BCUT2D eigenvalue weighted by Gasteiger charge is 2.23. The molecule has 1 saturated heterocycles. The van der Waals surface area contributed by atoms with Gasteiger partial charge in [-0.15, -0.1) is 0 Å². The SMILES string of the molecule is COc1ccc(CN2CCCN(C(=O)c3ccc(-c4ccccc4Cl)o3)CC2)cc1. The standard InChI is InChI=1S/C24H25ClN2O3/c1-29-19-9-7-18(8-10-19)17-26-13-4-14-27(16-15-26)24(28)23-12-11-22(30-23)20-5-2-3-6-21(20)25/h2-3,5-12H,4,13-17H2,1H3. The van der Waals surface area contributed by atoms with Crippen LogP contribution in [0.4, 0.5) is 0 Å². The monoisotopic (exact) mass is 424 g/mol. The molecule has 1 fully saturated rings. The van der Waals surface area contributed by atoms with Crippen LogP contribution in [0.2, 0.25) is 5.02 Å². The molecule has 2 aromatic carbocycles. The van der Waals surface area contributed by atoms with Gasteiger partial charge in [-0.05, 0) is 48.4 Å². The van der Waals surface area contributed by atoms with E-state index in [0.29, 0.717) is 23.1 Å².